The molecule has 6 aromatic rings. The Morgan fingerprint density at radius 2 is 0.717 bits per heavy atom. The average molecular weight is 921 g/mol. The molecule has 308 valence electrons. The third-order valence-corrected chi connectivity index (χ3v) is 15.6. The maximum absolute atomic E-state index is 3.73. The first kappa shape index (κ1) is 41.2. The molecule has 4 heteroatoms. The van der Waals surface area contributed by atoms with E-state index in [-0.39, 0.29) is 21.7 Å². The van der Waals surface area contributed by atoms with Gasteiger partial charge in [0.2, 0.25) is 0 Å². The van der Waals surface area contributed by atoms with Crippen molar-refractivity contribution in [3.8, 4) is 11.1 Å². The first-order chi connectivity index (χ1) is 28.4. The van der Waals surface area contributed by atoms with Crippen molar-refractivity contribution in [1.82, 2.24) is 0 Å². The molecule has 0 amide bonds. The number of nitrogens with zero attached hydrogens (tertiary/aromatic N) is 2. The van der Waals surface area contributed by atoms with Crippen LogP contribution in [0.1, 0.15) is 125 Å². The molecule has 9 rings (SSSR count). The molecular formula is C56H60Br2N2. The lowest BCUT2D eigenvalue weighted by Crippen LogP contribution is -2.43. The van der Waals surface area contributed by atoms with Gasteiger partial charge in [-0.1, -0.05) is 123 Å². The normalized spacial score (nSPS) is 19.4. The molecule has 3 aliphatic carbocycles. The zero-order valence-corrected chi connectivity index (χ0v) is 40.5. The van der Waals surface area contributed by atoms with Crippen LogP contribution >= 0.6 is 31.9 Å². The van der Waals surface area contributed by atoms with Crippen LogP contribution in [-0.4, -0.2) is 0 Å². The second-order valence-corrected chi connectivity index (χ2v) is 22.2. The van der Waals surface area contributed by atoms with Gasteiger partial charge in [0.1, 0.15) is 0 Å². The van der Waals surface area contributed by atoms with Crippen molar-refractivity contribution in [2.45, 2.75) is 129 Å². The summed E-state index contributed by atoms with van der Waals surface area (Å²) in [4.78, 5) is 5.08. The van der Waals surface area contributed by atoms with Crippen molar-refractivity contribution in [3.05, 3.63) is 163 Å². The Balaban J connectivity index is 1.24. The fourth-order valence-electron chi connectivity index (χ4n) is 11.7. The van der Waals surface area contributed by atoms with E-state index < -0.39 is 0 Å². The Hall–Kier alpha value is -4.12. The Morgan fingerprint density at radius 1 is 0.417 bits per heavy atom. The van der Waals surface area contributed by atoms with Crippen LogP contribution in [0.3, 0.4) is 0 Å². The van der Waals surface area contributed by atoms with E-state index in [1.807, 2.05) is 0 Å². The molecule has 2 nitrogen and oxygen atoms in total. The Morgan fingerprint density at radius 3 is 1.02 bits per heavy atom. The number of hydrogen-bond acceptors (Lipinski definition) is 2. The molecule has 0 aromatic heterocycles. The van der Waals surface area contributed by atoms with E-state index in [2.05, 4.69) is 220 Å². The second-order valence-electron chi connectivity index (χ2n) is 20.4. The van der Waals surface area contributed by atoms with Crippen LogP contribution in [0, 0.1) is 27.7 Å². The van der Waals surface area contributed by atoms with E-state index in [1.54, 1.807) is 11.1 Å². The summed E-state index contributed by atoms with van der Waals surface area (Å²) < 4.78 is 2.19. The summed E-state index contributed by atoms with van der Waals surface area (Å²) in [6.07, 6.45) is 7.50. The topological polar surface area (TPSA) is 6.48 Å². The summed E-state index contributed by atoms with van der Waals surface area (Å²) >= 11 is 7.46. The lowest BCUT2D eigenvalue weighted by atomic mass is 9.55. The average Bonchev–Trinajstić information content (AvgIpc) is 3.76. The minimum Gasteiger partial charge on any atom is -0.310 e. The van der Waals surface area contributed by atoms with Crippen LogP contribution in [0.4, 0.5) is 34.1 Å². The summed E-state index contributed by atoms with van der Waals surface area (Å²) in [6.45, 7) is 23.1. The zero-order valence-electron chi connectivity index (χ0n) is 37.3. The molecule has 0 heterocycles. The van der Waals surface area contributed by atoms with E-state index >= 15 is 0 Å². The van der Waals surface area contributed by atoms with Gasteiger partial charge in [-0.3, -0.25) is 0 Å². The molecule has 60 heavy (non-hydrogen) atoms. The van der Waals surface area contributed by atoms with Gasteiger partial charge in [-0.15, -0.1) is 0 Å². The molecule has 2 saturated carbocycles. The van der Waals surface area contributed by atoms with E-state index in [9.17, 15) is 0 Å². The Bertz CT molecular complexity index is 2400. The number of rotatable bonds is 6. The monoisotopic (exact) mass is 918 g/mol. The molecule has 0 spiro atoms. The summed E-state index contributed by atoms with van der Waals surface area (Å²) in [7, 11) is 0. The van der Waals surface area contributed by atoms with Crippen LogP contribution < -0.4 is 9.80 Å². The zero-order chi connectivity index (χ0) is 42.5. The van der Waals surface area contributed by atoms with Gasteiger partial charge in [0, 0.05) is 42.5 Å². The van der Waals surface area contributed by atoms with Gasteiger partial charge in [-0.05, 0) is 193 Å². The summed E-state index contributed by atoms with van der Waals surface area (Å²) in [5, 5.41) is 0. The van der Waals surface area contributed by atoms with Gasteiger partial charge < -0.3 is 9.80 Å². The fraction of sp³-hybridized carbons (Fsp3) is 0.357. The van der Waals surface area contributed by atoms with Crippen molar-refractivity contribution in [3.63, 3.8) is 0 Å². The fourth-order valence-corrected chi connectivity index (χ4v) is 12.3. The highest BCUT2D eigenvalue weighted by molar-refractivity contribution is 9.10. The molecule has 0 N–H and O–H groups in total. The van der Waals surface area contributed by atoms with Crippen LogP contribution in [-0.2, 0) is 21.7 Å². The molecular weight excluding hydrogens is 860 g/mol. The standard InChI is InChI=1S/C56H60Br2N2/c1-35-29-39(53(5,6)7)30-36(2)51(35)59(43-17-13-41(57)14-18-43)45-21-23-47-48-24-22-46(34-50(48)56-27-11-25-55(56,26-12-28-56)49(47)33-45)60(44-19-15-42(58)16-20-44)52-37(3)31-40(32-38(52)4)54(8,9)10/h13-24,29-34H,11-12,25-28H2,1-10H3. The van der Waals surface area contributed by atoms with Gasteiger partial charge in [0.05, 0.1) is 11.4 Å². The van der Waals surface area contributed by atoms with Crippen LogP contribution in [0.5, 0.6) is 0 Å². The SMILES string of the molecule is Cc1cc(C(C)(C)C)cc(C)c1N(c1ccc(Br)cc1)c1ccc2c(c1)C13CCCC1(CCC3)c1cc(N(c3ccc(Br)cc3)c3c(C)cc(C(C)(C)C)cc3C)ccc1-2. The van der Waals surface area contributed by atoms with E-state index in [0.29, 0.717) is 0 Å². The Kier molecular flexibility index (Phi) is 10.1. The van der Waals surface area contributed by atoms with Crippen molar-refractivity contribution >= 4 is 66.0 Å². The largest absolute Gasteiger partial charge is 0.310 e. The highest BCUT2D eigenvalue weighted by Crippen LogP contribution is 2.70. The number of halogens is 2. The Labute approximate surface area is 376 Å². The van der Waals surface area contributed by atoms with E-state index in [4.69, 9.17) is 0 Å². The molecule has 6 aromatic carbocycles. The van der Waals surface area contributed by atoms with Crippen molar-refractivity contribution in [1.29, 1.82) is 0 Å². The highest BCUT2D eigenvalue weighted by atomic mass is 79.9. The molecule has 2 fully saturated rings. The molecule has 3 aliphatic rings. The summed E-state index contributed by atoms with van der Waals surface area (Å²) in [5.74, 6) is 0. The van der Waals surface area contributed by atoms with E-state index in [0.717, 1.165) is 8.95 Å². The van der Waals surface area contributed by atoms with Gasteiger partial charge in [-0.25, -0.2) is 0 Å². The van der Waals surface area contributed by atoms with Gasteiger partial charge in [0.15, 0.2) is 0 Å². The minimum absolute atomic E-state index is 0.0762. The second kappa shape index (κ2) is 14.8. The molecule has 0 saturated heterocycles. The first-order valence-corrected chi connectivity index (χ1v) is 23.6. The van der Waals surface area contributed by atoms with Crippen LogP contribution in [0.2, 0.25) is 0 Å². The molecule has 0 bridgehead atoms. The lowest BCUT2D eigenvalue weighted by Gasteiger charge is -2.48. The third kappa shape index (κ3) is 6.62. The maximum Gasteiger partial charge on any atom is 0.0520 e. The lowest BCUT2D eigenvalue weighted by molar-refractivity contribution is 0.299. The first-order valence-electron chi connectivity index (χ1n) is 22.1. The smallest absolute Gasteiger partial charge is 0.0520 e. The number of fused-ring (bicyclic) bond motifs is 3. The summed E-state index contributed by atoms with van der Waals surface area (Å²) in [6, 6.07) is 42.4. The number of aryl methyl sites for hydroxylation is 4. The molecule has 0 atom stereocenters. The van der Waals surface area contributed by atoms with Crippen LogP contribution in [0.15, 0.2) is 118 Å². The molecule has 0 radical (unpaired) electrons. The minimum atomic E-state index is 0.0762. The van der Waals surface area contributed by atoms with Crippen molar-refractivity contribution in [2.24, 2.45) is 0 Å². The van der Waals surface area contributed by atoms with Gasteiger partial charge in [0.25, 0.3) is 0 Å². The van der Waals surface area contributed by atoms with Gasteiger partial charge >= 0.3 is 0 Å². The number of anilines is 6. The number of benzene rings is 6. The predicted octanol–water partition coefficient (Wildman–Crippen LogP) is 17.5. The molecule has 0 aliphatic heterocycles. The number of hydrogen-bond donors (Lipinski definition) is 0. The third-order valence-electron chi connectivity index (χ3n) is 14.5. The maximum atomic E-state index is 3.73. The summed E-state index contributed by atoms with van der Waals surface area (Å²) in [5.41, 5.74) is 21.8. The van der Waals surface area contributed by atoms with Crippen LogP contribution in [0.25, 0.3) is 11.1 Å². The highest BCUT2D eigenvalue weighted by Gasteiger charge is 2.62. The van der Waals surface area contributed by atoms with Gasteiger partial charge in [-0.2, -0.15) is 0 Å². The quantitative estimate of drug-likeness (QED) is 0.164. The van der Waals surface area contributed by atoms with E-state index in [1.165, 1.54) is 117 Å². The van der Waals surface area contributed by atoms with Crippen molar-refractivity contribution in [2.75, 3.05) is 9.80 Å². The molecule has 0 unspecified atom stereocenters. The van der Waals surface area contributed by atoms with Crippen molar-refractivity contribution < 1.29 is 0 Å². The predicted molar refractivity (Wildman–Crippen MR) is 264 cm³/mol.